The van der Waals surface area contributed by atoms with Crippen LogP contribution >= 0.6 is 11.6 Å². The normalized spacial score (nSPS) is 18.4. The largest absolute Gasteiger partial charge is 0.478 e. The third-order valence-corrected chi connectivity index (χ3v) is 3.19. The highest BCUT2D eigenvalue weighted by molar-refractivity contribution is 6.31. The van der Waals surface area contributed by atoms with Gasteiger partial charge in [-0.1, -0.05) is 11.6 Å². The predicted octanol–water partition coefficient (Wildman–Crippen LogP) is 3.44. The van der Waals surface area contributed by atoms with Crippen molar-refractivity contribution in [3.8, 4) is 5.75 Å². The molecule has 0 unspecified atom stereocenters. The van der Waals surface area contributed by atoms with Crippen LogP contribution < -0.4 is 4.74 Å². The summed E-state index contributed by atoms with van der Waals surface area (Å²) < 4.78 is 43.1. The van der Waals surface area contributed by atoms with Gasteiger partial charge in [0.1, 0.15) is 5.75 Å². The summed E-state index contributed by atoms with van der Waals surface area (Å²) >= 11 is 5.84. The number of hydrogen-bond donors (Lipinski definition) is 1. The molecule has 0 fully saturated rings. The summed E-state index contributed by atoms with van der Waals surface area (Å²) in [5, 5.41) is 9.20. The van der Waals surface area contributed by atoms with Crippen molar-refractivity contribution in [3.05, 3.63) is 33.9 Å². The molecule has 1 aromatic carbocycles. The number of fused-ring (bicyclic) bond motifs is 1. The summed E-state index contributed by atoms with van der Waals surface area (Å²) in [6.45, 7) is 1.58. The fourth-order valence-electron chi connectivity index (χ4n) is 1.80. The van der Waals surface area contributed by atoms with Crippen LogP contribution in [-0.2, 0) is 4.79 Å². The van der Waals surface area contributed by atoms with Crippen LogP contribution in [0.25, 0.3) is 6.08 Å². The minimum atomic E-state index is -4.80. The van der Waals surface area contributed by atoms with E-state index in [4.69, 9.17) is 21.4 Å². The zero-order valence-corrected chi connectivity index (χ0v) is 10.3. The Morgan fingerprint density at radius 3 is 2.58 bits per heavy atom. The second kappa shape index (κ2) is 4.45. The van der Waals surface area contributed by atoms with Crippen LogP contribution in [0.5, 0.6) is 5.75 Å². The van der Waals surface area contributed by atoms with Crippen molar-refractivity contribution in [3.63, 3.8) is 0 Å². The van der Waals surface area contributed by atoms with Gasteiger partial charge < -0.3 is 9.84 Å². The Balaban J connectivity index is 2.61. The predicted molar refractivity (Wildman–Crippen MR) is 62.3 cm³/mol. The Hall–Kier alpha value is -1.69. The van der Waals surface area contributed by atoms with E-state index < -0.39 is 23.8 Å². The molecular formula is C12H8ClF3O3. The Morgan fingerprint density at radius 1 is 1.42 bits per heavy atom. The lowest BCUT2D eigenvalue weighted by Crippen LogP contribution is -2.40. The summed E-state index contributed by atoms with van der Waals surface area (Å²) in [6.07, 6.45) is -6.31. The zero-order valence-electron chi connectivity index (χ0n) is 9.58. The number of alkyl halides is 3. The quantitative estimate of drug-likeness (QED) is 0.862. The monoisotopic (exact) mass is 292 g/mol. The minimum absolute atomic E-state index is 0.0331. The van der Waals surface area contributed by atoms with Crippen molar-refractivity contribution in [2.75, 3.05) is 0 Å². The molecule has 1 atom stereocenters. The zero-order chi connectivity index (χ0) is 14.4. The molecule has 2 rings (SSSR count). The SMILES string of the molecule is Cc1c(Cl)ccc2c1C=C(C(=O)O)[C@H](C(F)(F)F)O2. The lowest BCUT2D eigenvalue weighted by Gasteiger charge is -2.27. The smallest absolute Gasteiger partial charge is 0.430 e. The molecule has 3 nitrogen and oxygen atoms in total. The van der Waals surface area contributed by atoms with Gasteiger partial charge >= 0.3 is 12.1 Å². The Morgan fingerprint density at radius 2 is 2.05 bits per heavy atom. The molecule has 0 saturated heterocycles. The number of benzene rings is 1. The summed E-state index contributed by atoms with van der Waals surface area (Å²) in [4.78, 5) is 10.9. The highest BCUT2D eigenvalue weighted by atomic mass is 35.5. The third-order valence-electron chi connectivity index (χ3n) is 2.78. The van der Waals surface area contributed by atoms with E-state index in [1.165, 1.54) is 12.1 Å². The van der Waals surface area contributed by atoms with E-state index in [-0.39, 0.29) is 11.3 Å². The molecule has 1 heterocycles. The lowest BCUT2D eigenvalue weighted by molar-refractivity contribution is -0.187. The number of carboxylic acids is 1. The van der Waals surface area contributed by atoms with Crippen LogP contribution in [0.3, 0.4) is 0 Å². The topological polar surface area (TPSA) is 46.5 Å². The van der Waals surface area contributed by atoms with E-state index >= 15 is 0 Å². The first-order valence-electron chi connectivity index (χ1n) is 5.19. The number of halogens is 4. The maximum Gasteiger partial charge on any atom is 0.430 e. The Kier molecular flexibility index (Phi) is 3.22. The number of ether oxygens (including phenoxy) is 1. The maximum absolute atomic E-state index is 12.8. The molecule has 19 heavy (non-hydrogen) atoms. The van der Waals surface area contributed by atoms with Gasteiger partial charge in [-0.3, -0.25) is 0 Å². The second-order valence-corrected chi connectivity index (χ2v) is 4.44. The molecule has 7 heteroatoms. The average molecular weight is 293 g/mol. The summed E-state index contributed by atoms with van der Waals surface area (Å²) in [5.74, 6) is -1.71. The van der Waals surface area contributed by atoms with Gasteiger partial charge in [0.2, 0.25) is 6.10 Å². The Bertz CT molecular complexity index is 578. The molecule has 0 radical (unpaired) electrons. The maximum atomic E-state index is 12.8. The second-order valence-electron chi connectivity index (χ2n) is 4.03. The number of aliphatic carboxylic acids is 1. The first-order chi connectivity index (χ1) is 8.71. The lowest BCUT2D eigenvalue weighted by atomic mass is 9.98. The van der Waals surface area contributed by atoms with Crippen molar-refractivity contribution in [2.24, 2.45) is 0 Å². The highest BCUT2D eigenvalue weighted by Gasteiger charge is 2.48. The fourth-order valence-corrected chi connectivity index (χ4v) is 1.96. The average Bonchev–Trinajstić information content (AvgIpc) is 2.31. The number of rotatable bonds is 1. The number of hydrogen-bond acceptors (Lipinski definition) is 2. The molecule has 1 aliphatic heterocycles. The van der Waals surface area contributed by atoms with E-state index in [1.807, 2.05) is 0 Å². The molecular weight excluding hydrogens is 285 g/mol. The molecule has 0 spiro atoms. The molecule has 1 N–H and O–H groups in total. The van der Waals surface area contributed by atoms with Gasteiger partial charge in [0, 0.05) is 10.6 Å². The van der Waals surface area contributed by atoms with Crippen LogP contribution in [0.4, 0.5) is 13.2 Å². The summed E-state index contributed by atoms with van der Waals surface area (Å²) in [6, 6.07) is 2.70. The van der Waals surface area contributed by atoms with Crippen molar-refractivity contribution in [1.82, 2.24) is 0 Å². The van der Waals surface area contributed by atoms with Crippen LogP contribution in [0, 0.1) is 6.92 Å². The summed E-state index contributed by atoms with van der Waals surface area (Å²) in [5.41, 5.74) is -0.130. The van der Waals surface area contributed by atoms with Crippen LogP contribution in [-0.4, -0.2) is 23.4 Å². The van der Waals surface area contributed by atoms with Crippen molar-refractivity contribution in [2.45, 2.75) is 19.2 Å². The third kappa shape index (κ3) is 2.40. The van der Waals surface area contributed by atoms with Crippen LogP contribution in [0.2, 0.25) is 5.02 Å². The first-order valence-corrected chi connectivity index (χ1v) is 5.57. The standard InChI is InChI=1S/C12H8ClF3O3/c1-5-6-4-7(11(17)18)10(12(14,15)16)19-9(6)3-2-8(5)13/h2-4,10H,1H3,(H,17,18)/t10-/m1/s1. The Labute approximate surface area is 111 Å². The van der Waals surface area contributed by atoms with Crippen molar-refractivity contribution in [1.29, 1.82) is 0 Å². The van der Waals surface area contributed by atoms with E-state index in [0.717, 1.165) is 6.08 Å². The summed E-state index contributed by atoms with van der Waals surface area (Å²) in [7, 11) is 0. The van der Waals surface area contributed by atoms with E-state index in [1.54, 1.807) is 6.92 Å². The van der Waals surface area contributed by atoms with Gasteiger partial charge in [-0.15, -0.1) is 0 Å². The van der Waals surface area contributed by atoms with Crippen LogP contribution in [0.15, 0.2) is 17.7 Å². The molecule has 0 aliphatic carbocycles. The van der Waals surface area contributed by atoms with Crippen LogP contribution in [0.1, 0.15) is 11.1 Å². The van der Waals surface area contributed by atoms with Gasteiger partial charge in [-0.05, 0) is 30.7 Å². The highest BCUT2D eigenvalue weighted by Crippen LogP contribution is 2.39. The molecule has 0 aromatic heterocycles. The van der Waals surface area contributed by atoms with E-state index in [9.17, 15) is 18.0 Å². The van der Waals surface area contributed by atoms with E-state index in [2.05, 4.69) is 0 Å². The number of carboxylic acid groups (broad SMARTS) is 1. The molecule has 1 aliphatic rings. The molecule has 0 saturated carbocycles. The first kappa shape index (κ1) is 13.7. The van der Waals surface area contributed by atoms with Gasteiger partial charge in [-0.2, -0.15) is 13.2 Å². The molecule has 1 aromatic rings. The van der Waals surface area contributed by atoms with Crippen molar-refractivity contribution >= 4 is 23.6 Å². The van der Waals surface area contributed by atoms with Crippen molar-refractivity contribution < 1.29 is 27.8 Å². The van der Waals surface area contributed by atoms with Gasteiger partial charge in [0.25, 0.3) is 0 Å². The minimum Gasteiger partial charge on any atom is -0.478 e. The molecule has 0 bridgehead atoms. The van der Waals surface area contributed by atoms with Gasteiger partial charge in [0.15, 0.2) is 0 Å². The number of carbonyl (C=O) groups is 1. The molecule has 102 valence electrons. The van der Waals surface area contributed by atoms with Gasteiger partial charge in [0.05, 0.1) is 5.57 Å². The van der Waals surface area contributed by atoms with E-state index in [0.29, 0.717) is 10.6 Å². The van der Waals surface area contributed by atoms with Gasteiger partial charge in [-0.25, -0.2) is 4.79 Å². The fraction of sp³-hybridized carbons (Fsp3) is 0.250. The molecule has 0 amide bonds.